The number of nitrogens with one attached hydrogen (secondary N) is 1. The number of amides is 1. The molecule has 8 heteroatoms. The molecule has 1 aliphatic carbocycles. The van der Waals surface area contributed by atoms with E-state index in [2.05, 4.69) is 5.32 Å². The molecule has 0 spiro atoms. The molecule has 1 aromatic heterocycles. The van der Waals surface area contributed by atoms with Gasteiger partial charge in [-0.3, -0.25) is 4.79 Å². The predicted octanol–water partition coefficient (Wildman–Crippen LogP) is 7.49. The van der Waals surface area contributed by atoms with E-state index in [9.17, 15) is 27.9 Å². The molecule has 0 saturated heterocycles. The maximum atomic E-state index is 14.0. The average Bonchev–Trinajstić information content (AvgIpc) is 3.64. The summed E-state index contributed by atoms with van der Waals surface area (Å²) in [7, 11) is 0. The Balaban J connectivity index is 1.38. The number of carbonyl (C=O) groups excluding carboxylic acids is 1. The maximum Gasteiger partial charge on any atom is 0.416 e. The van der Waals surface area contributed by atoms with Crippen LogP contribution in [-0.2, 0) is 18.3 Å². The second kappa shape index (κ2) is 9.96. The highest BCUT2D eigenvalue weighted by atomic mass is 19.4. The quantitative estimate of drug-likeness (QED) is 0.219. The van der Waals surface area contributed by atoms with Crippen LogP contribution in [-0.4, -0.2) is 21.6 Å². The van der Waals surface area contributed by atoms with Crippen LogP contribution < -0.4 is 5.32 Å². The minimum Gasteiger partial charge on any atom is -0.478 e. The summed E-state index contributed by atoms with van der Waals surface area (Å²) in [6.07, 6.45) is -1.13. The van der Waals surface area contributed by atoms with Crippen LogP contribution in [0.15, 0.2) is 103 Å². The molecule has 5 aromatic rings. The highest BCUT2D eigenvalue weighted by Crippen LogP contribution is 2.46. The molecule has 1 heterocycles. The van der Waals surface area contributed by atoms with Crippen molar-refractivity contribution in [2.45, 2.75) is 31.1 Å². The van der Waals surface area contributed by atoms with Crippen molar-refractivity contribution in [2.75, 3.05) is 0 Å². The Labute approximate surface area is 233 Å². The van der Waals surface area contributed by atoms with Crippen LogP contribution in [0.1, 0.15) is 50.2 Å². The Hall–Kier alpha value is -4.85. The fourth-order valence-electron chi connectivity index (χ4n) is 5.27. The zero-order valence-corrected chi connectivity index (χ0v) is 21.8. The topological polar surface area (TPSA) is 71.3 Å². The molecule has 41 heavy (non-hydrogen) atoms. The molecule has 1 aliphatic rings. The molecule has 4 aromatic carbocycles. The van der Waals surface area contributed by atoms with Crippen LogP contribution in [0.2, 0.25) is 0 Å². The number of halogens is 3. The lowest BCUT2D eigenvalue weighted by Gasteiger charge is -2.20. The first-order valence-electron chi connectivity index (χ1n) is 13.1. The summed E-state index contributed by atoms with van der Waals surface area (Å²) in [6.45, 7) is 0.286. The third-order valence-electron chi connectivity index (χ3n) is 7.63. The van der Waals surface area contributed by atoms with Crippen molar-refractivity contribution in [1.82, 2.24) is 9.88 Å². The second-order valence-electron chi connectivity index (χ2n) is 10.4. The normalized spacial score (nSPS) is 14.1. The van der Waals surface area contributed by atoms with Crippen molar-refractivity contribution in [1.29, 1.82) is 0 Å². The molecule has 2 N–H and O–H groups in total. The van der Waals surface area contributed by atoms with Gasteiger partial charge in [-0.2, -0.15) is 13.2 Å². The molecule has 0 radical (unpaired) electrons. The van der Waals surface area contributed by atoms with E-state index in [-0.39, 0.29) is 18.0 Å². The highest BCUT2D eigenvalue weighted by Gasteiger charge is 2.46. The van der Waals surface area contributed by atoms with Crippen molar-refractivity contribution in [3.63, 3.8) is 0 Å². The Morgan fingerprint density at radius 3 is 2.15 bits per heavy atom. The zero-order chi connectivity index (χ0) is 28.8. The Morgan fingerprint density at radius 2 is 1.54 bits per heavy atom. The van der Waals surface area contributed by atoms with Gasteiger partial charge in [-0.15, -0.1) is 0 Å². The molecule has 206 valence electrons. The number of carbonyl (C=O) groups is 2. The fourth-order valence-corrected chi connectivity index (χ4v) is 5.27. The maximum absolute atomic E-state index is 14.0. The minimum atomic E-state index is -4.41. The lowest BCUT2D eigenvalue weighted by molar-refractivity contribution is -0.137. The number of fused-ring (bicyclic) bond motifs is 1. The highest BCUT2D eigenvalue weighted by molar-refractivity contribution is 6.08. The van der Waals surface area contributed by atoms with Crippen LogP contribution >= 0.6 is 0 Å². The van der Waals surface area contributed by atoms with Crippen LogP contribution in [0.5, 0.6) is 0 Å². The number of alkyl halides is 3. The van der Waals surface area contributed by atoms with Gasteiger partial charge in [0.05, 0.1) is 27.7 Å². The number of aromatic carboxylic acids is 1. The Morgan fingerprint density at radius 1 is 0.854 bits per heavy atom. The molecule has 1 saturated carbocycles. The molecular weight excluding hydrogens is 529 g/mol. The van der Waals surface area contributed by atoms with Crippen molar-refractivity contribution < 1.29 is 27.9 Å². The summed E-state index contributed by atoms with van der Waals surface area (Å²) in [6, 6.07) is 27.0. The smallest absolute Gasteiger partial charge is 0.416 e. The van der Waals surface area contributed by atoms with Gasteiger partial charge in [0.15, 0.2) is 0 Å². The van der Waals surface area contributed by atoms with Crippen LogP contribution in [0.3, 0.4) is 0 Å². The van der Waals surface area contributed by atoms with Crippen molar-refractivity contribution in [3.05, 3.63) is 131 Å². The third-order valence-corrected chi connectivity index (χ3v) is 7.63. The summed E-state index contributed by atoms with van der Waals surface area (Å²) >= 11 is 0. The number of hydrogen-bond donors (Lipinski definition) is 2. The molecular formula is C33H25F3N2O3. The van der Waals surface area contributed by atoms with Gasteiger partial charge in [-0.05, 0) is 77.6 Å². The molecule has 0 unspecified atom stereocenters. The number of hydrogen-bond acceptors (Lipinski definition) is 2. The lowest BCUT2D eigenvalue weighted by Crippen LogP contribution is -2.35. The summed E-state index contributed by atoms with van der Waals surface area (Å²) in [5.41, 5.74) is 3.33. The molecule has 1 fully saturated rings. The lowest BCUT2D eigenvalue weighted by atomic mass is 9.98. The molecule has 6 rings (SSSR count). The van der Waals surface area contributed by atoms with E-state index in [1.165, 1.54) is 24.3 Å². The summed E-state index contributed by atoms with van der Waals surface area (Å²) < 4.78 is 41.1. The Bertz CT molecular complexity index is 1750. The standard InChI is InChI=1S/C33H25F3N2O3/c34-33(35,36)27-10-6-21(7-11-27)20-38-17-14-24-18-25(22-4-2-1-3-5-22)19-28(29(24)38)30(39)37-32(15-16-32)26-12-8-23(9-13-26)31(40)41/h1-14,17-19H,15-16,20H2,(H,37,39)(H,40,41). The van der Waals surface area contributed by atoms with E-state index >= 15 is 0 Å². The summed E-state index contributed by atoms with van der Waals surface area (Å²) in [5.74, 6) is -1.29. The summed E-state index contributed by atoms with van der Waals surface area (Å²) in [4.78, 5) is 25.2. The van der Waals surface area contributed by atoms with Gasteiger partial charge >= 0.3 is 12.1 Å². The van der Waals surface area contributed by atoms with Crippen LogP contribution in [0.25, 0.3) is 22.0 Å². The van der Waals surface area contributed by atoms with E-state index < -0.39 is 23.2 Å². The van der Waals surface area contributed by atoms with E-state index in [0.717, 1.165) is 47.1 Å². The molecule has 0 bridgehead atoms. The largest absolute Gasteiger partial charge is 0.478 e. The van der Waals surface area contributed by atoms with Crippen LogP contribution in [0, 0.1) is 0 Å². The first kappa shape index (κ1) is 26.4. The van der Waals surface area contributed by atoms with E-state index in [4.69, 9.17) is 0 Å². The first-order chi connectivity index (χ1) is 19.6. The summed E-state index contributed by atoms with van der Waals surface area (Å²) in [5, 5.41) is 13.3. The number of carboxylic acids is 1. The van der Waals surface area contributed by atoms with Gasteiger partial charge in [0, 0.05) is 18.1 Å². The van der Waals surface area contributed by atoms with Gasteiger partial charge in [0.25, 0.3) is 5.91 Å². The van der Waals surface area contributed by atoms with E-state index in [0.29, 0.717) is 16.6 Å². The predicted molar refractivity (Wildman–Crippen MR) is 150 cm³/mol. The van der Waals surface area contributed by atoms with E-state index in [1.807, 2.05) is 59.3 Å². The molecule has 0 aliphatic heterocycles. The monoisotopic (exact) mass is 554 g/mol. The van der Waals surface area contributed by atoms with Gasteiger partial charge in [-0.25, -0.2) is 4.79 Å². The number of carboxylic acid groups (broad SMARTS) is 1. The Kier molecular flexibility index (Phi) is 6.41. The molecule has 1 amide bonds. The van der Waals surface area contributed by atoms with Crippen molar-refractivity contribution in [2.24, 2.45) is 0 Å². The number of rotatable bonds is 7. The molecule has 5 nitrogen and oxygen atoms in total. The van der Waals surface area contributed by atoms with Crippen LogP contribution in [0.4, 0.5) is 13.2 Å². The van der Waals surface area contributed by atoms with Gasteiger partial charge in [-0.1, -0.05) is 54.6 Å². The number of aromatic nitrogens is 1. The average molecular weight is 555 g/mol. The third kappa shape index (κ3) is 5.20. The molecule has 0 atom stereocenters. The fraction of sp³-hybridized carbons (Fsp3) is 0.152. The number of benzene rings is 4. The second-order valence-corrected chi connectivity index (χ2v) is 10.4. The zero-order valence-electron chi connectivity index (χ0n) is 21.8. The SMILES string of the molecule is O=C(O)c1ccc(C2(NC(=O)c3cc(-c4ccccc4)cc4ccn(Cc5ccc(C(F)(F)F)cc5)c34)CC2)cc1. The van der Waals surface area contributed by atoms with Crippen molar-refractivity contribution >= 4 is 22.8 Å². The van der Waals surface area contributed by atoms with Gasteiger partial charge < -0.3 is 15.0 Å². The van der Waals surface area contributed by atoms with Crippen molar-refractivity contribution in [3.8, 4) is 11.1 Å². The minimum absolute atomic E-state index is 0.175. The van der Waals surface area contributed by atoms with Gasteiger partial charge in [0.1, 0.15) is 0 Å². The van der Waals surface area contributed by atoms with Gasteiger partial charge in [0.2, 0.25) is 0 Å². The first-order valence-corrected chi connectivity index (χ1v) is 13.1. The number of nitrogens with zero attached hydrogens (tertiary/aromatic N) is 1. The van der Waals surface area contributed by atoms with E-state index in [1.54, 1.807) is 12.1 Å².